The van der Waals surface area contributed by atoms with Crippen LogP contribution < -0.4 is 0 Å². The quantitative estimate of drug-likeness (QED) is 0.309. The molecule has 0 rings (SSSR count). The van der Waals surface area contributed by atoms with E-state index < -0.39 is 0 Å². The van der Waals surface area contributed by atoms with Gasteiger partial charge in [-0.15, -0.1) is 0 Å². The first-order chi connectivity index (χ1) is 4.95. The largest absolute Gasteiger partial charge is 0.0891 e. The molecule has 0 saturated heterocycles. The van der Waals surface area contributed by atoms with Crippen LogP contribution in [-0.4, -0.2) is 3.74 Å². The van der Waals surface area contributed by atoms with Crippen molar-refractivity contribution in [1.82, 2.24) is 0 Å². The third-order valence-corrected chi connectivity index (χ3v) is 5.05. The van der Waals surface area contributed by atoms with Crippen LogP contribution in [0.25, 0.3) is 0 Å². The summed E-state index contributed by atoms with van der Waals surface area (Å²) in [5.74, 6) is 0. The molecule has 0 N–H and O–H groups in total. The summed E-state index contributed by atoms with van der Waals surface area (Å²) >= 11 is 20.0. The molecule has 0 saturated carbocycles. The van der Waals surface area contributed by atoms with Crippen molar-refractivity contribution in [1.29, 1.82) is 0 Å². The number of alkyl halides is 2. The highest BCUT2D eigenvalue weighted by Crippen LogP contribution is 2.33. The van der Waals surface area contributed by atoms with Crippen molar-refractivity contribution in [2.75, 3.05) is 0 Å². The van der Waals surface area contributed by atoms with Crippen LogP contribution in [0.3, 0.4) is 0 Å². The van der Waals surface area contributed by atoms with E-state index in [0.29, 0.717) is 0 Å². The van der Waals surface area contributed by atoms with Crippen LogP contribution in [0, 0.1) is 0 Å². The minimum absolute atomic E-state index is 0.163. The van der Waals surface area contributed by atoms with Crippen molar-refractivity contribution in [2.45, 2.75) is 3.74 Å². The zero-order chi connectivity index (χ0) is 9.02. The molecule has 0 aliphatic rings. The van der Waals surface area contributed by atoms with E-state index in [0.717, 1.165) is 12.4 Å². The van der Waals surface area contributed by atoms with E-state index in [1.807, 2.05) is 6.08 Å². The Morgan fingerprint density at radius 3 is 1.73 bits per heavy atom. The Kier molecular flexibility index (Phi) is 8.21. The minimum atomic E-state index is 0.163. The van der Waals surface area contributed by atoms with E-state index in [1.54, 1.807) is 0 Å². The summed E-state index contributed by atoms with van der Waals surface area (Å²) in [5.41, 5.74) is 0. The summed E-state index contributed by atoms with van der Waals surface area (Å²) in [6.07, 6.45) is 1.95. The lowest BCUT2D eigenvalue weighted by Gasteiger charge is -1.98. The second-order valence-electron chi connectivity index (χ2n) is 1.42. The summed E-state index contributed by atoms with van der Waals surface area (Å²) < 4.78 is 2.92. The fourth-order valence-electron chi connectivity index (χ4n) is 0.274. The molecule has 0 heterocycles. The van der Waals surface area contributed by atoms with Gasteiger partial charge >= 0.3 is 0 Å². The first kappa shape index (κ1) is 13.4. The van der Waals surface area contributed by atoms with Crippen molar-refractivity contribution >= 4 is 95.6 Å². The standard InChI is InChI=1S/C5H2Br6/c6-2(1-3(7)8)4(9)5(10)11/h1,3H. The molecule has 64 valence electrons. The molecule has 0 radical (unpaired) electrons. The molecule has 0 fully saturated rings. The molecule has 0 unspecified atom stereocenters. The van der Waals surface area contributed by atoms with E-state index in [1.165, 1.54) is 0 Å². The summed E-state index contributed by atoms with van der Waals surface area (Å²) in [6, 6.07) is 0. The van der Waals surface area contributed by atoms with E-state index in [-0.39, 0.29) is 3.74 Å². The van der Waals surface area contributed by atoms with Crippen molar-refractivity contribution in [2.24, 2.45) is 0 Å². The predicted molar refractivity (Wildman–Crippen MR) is 72.5 cm³/mol. The molecule has 0 spiro atoms. The Labute approximate surface area is 116 Å². The van der Waals surface area contributed by atoms with Gasteiger partial charge < -0.3 is 0 Å². The molecular weight excluding hydrogens is 539 g/mol. The van der Waals surface area contributed by atoms with Crippen LogP contribution in [-0.2, 0) is 0 Å². The predicted octanol–water partition coefficient (Wildman–Crippen LogP) is 5.73. The van der Waals surface area contributed by atoms with Gasteiger partial charge in [-0.25, -0.2) is 0 Å². The third kappa shape index (κ3) is 6.43. The number of hydrogen-bond acceptors (Lipinski definition) is 0. The first-order valence-corrected chi connectivity index (χ1v) is 7.32. The second-order valence-corrected chi connectivity index (χ2v) is 8.92. The summed E-state index contributed by atoms with van der Waals surface area (Å²) in [5, 5.41) is 0. The number of allylic oxidation sites excluding steroid dienone is 3. The van der Waals surface area contributed by atoms with Crippen LogP contribution in [0.5, 0.6) is 0 Å². The maximum absolute atomic E-state index is 3.38. The molecule has 0 aromatic carbocycles. The minimum Gasteiger partial charge on any atom is -0.0718 e. The Morgan fingerprint density at radius 1 is 1.00 bits per heavy atom. The van der Waals surface area contributed by atoms with Gasteiger partial charge in [-0.3, -0.25) is 0 Å². The van der Waals surface area contributed by atoms with Gasteiger partial charge in [-0.05, 0) is 69.8 Å². The molecule has 0 amide bonds. The van der Waals surface area contributed by atoms with Gasteiger partial charge in [0.1, 0.15) is 0 Å². The molecule has 0 aromatic heterocycles. The van der Waals surface area contributed by atoms with E-state index >= 15 is 0 Å². The molecule has 6 heteroatoms. The van der Waals surface area contributed by atoms with Gasteiger partial charge in [0.25, 0.3) is 0 Å². The molecule has 0 aliphatic heterocycles. The normalized spacial score (nSPS) is 12.1. The Morgan fingerprint density at radius 2 is 1.45 bits per heavy atom. The SMILES string of the molecule is BrC(=CC(Br)Br)C(Br)=C(Br)Br. The second kappa shape index (κ2) is 6.76. The van der Waals surface area contributed by atoms with Gasteiger partial charge in [-0.2, -0.15) is 0 Å². The highest BCUT2D eigenvalue weighted by atomic mass is 79.9. The lowest BCUT2D eigenvalue weighted by atomic mass is 10.5. The van der Waals surface area contributed by atoms with Crippen LogP contribution in [0.1, 0.15) is 0 Å². The highest BCUT2D eigenvalue weighted by molar-refractivity contribution is 9.29. The fraction of sp³-hybridized carbons (Fsp3) is 0.200. The summed E-state index contributed by atoms with van der Waals surface area (Å²) in [6.45, 7) is 0. The molecule has 0 aromatic rings. The lowest BCUT2D eigenvalue weighted by Crippen LogP contribution is -1.79. The topological polar surface area (TPSA) is 0 Å². The van der Waals surface area contributed by atoms with E-state index in [2.05, 4.69) is 95.6 Å². The summed E-state index contributed by atoms with van der Waals surface area (Å²) in [4.78, 5) is 0. The monoisotopic (exact) mass is 536 g/mol. The van der Waals surface area contributed by atoms with Gasteiger partial charge in [0.05, 0.1) is 11.6 Å². The first-order valence-electron chi connectivity index (χ1n) is 2.31. The van der Waals surface area contributed by atoms with Gasteiger partial charge in [0.15, 0.2) is 0 Å². The third-order valence-electron chi connectivity index (χ3n) is 0.648. The molecule has 0 aliphatic carbocycles. The van der Waals surface area contributed by atoms with Crippen LogP contribution in [0.4, 0.5) is 0 Å². The molecule has 0 bridgehead atoms. The Balaban J connectivity index is 4.50. The maximum atomic E-state index is 3.38. The summed E-state index contributed by atoms with van der Waals surface area (Å²) in [7, 11) is 0. The lowest BCUT2D eigenvalue weighted by molar-refractivity contribution is 1.69. The van der Waals surface area contributed by atoms with Crippen LogP contribution in [0.2, 0.25) is 0 Å². The highest BCUT2D eigenvalue weighted by Gasteiger charge is 2.03. The van der Waals surface area contributed by atoms with Gasteiger partial charge in [0.2, 0.25) is 0 Å². The smallest absolute Gasteiger partial charge is 0.0718 e. The maximum Gasteiger partial charge on any atom is 0.0891 e. The zero-order valence-electron chi connectivity index (χ0n) is 4.92. The average Bonchev–Trinajstić information content (AvgIpc) is 1.84. The van der Waals surface area contributed by atoms with Gasteiger partial charge in [0, 0.05) is 4.48 Å². The fourth-order valence-corrected chi connectivity index (χ4v) is 3.07. The van der Waals surface area contributed by atoms with Crippen LogP contribution in [0.15, 0.2) is 18.4 Å². The van der Waals surface area contributed by atoms with Crippen molar-refractivity contribution in [3.63, 3.8) is 0 Å². The van der Waals surface area contributed by atoms with Crippen molar-refractivity contribution in [3.8, 4) is 0 Å². The van der Waals surface area contributed by atoms with Crippen LogP contribution >= 0.6 is 95.6 Å². The molecule has 11 heavy (non-hydrogen) atoms. The average molecular weight is 541 g/mol. The molecule has 0 atom stereocenters. The van der Waals surface area contributed by atoms with Gasteiger partial charge in [-0.1, -0.05) is 31.9 Å². The number of hydrogen-bond donors (Lipinski definition) is 0. The Bertz CT molecular complexity index is 187. The van der Waals surface area contributed by atoms with Crippen molar-refractivity contribution < 1.29 is 0 Å². The zero-order valence-corrected chi connectivity index (χ0v) is 14.4. The Hall–Kier alpha value is 2.36. The van der Waals surface area contributed by atoms with E-state index in [4.69, 9.17) is 0 Å². The molecular formula is C5H2Br6. The van der Waals surface area contributed by atoms with Crippen molar-refractivity contribution in [3.05, 3.63) is 18.4 Å². The number of halogens is 6. The van der Waals surface area contributed by atoms with E-state index in [9.17, 15) is 0 Å². The number of rotatable bonds is 2. The molecule has 0 nitrogen and oxygen atoms in total.